The Morgan fingerprint density at radius 3 is 1.82 bits per heavy atom. The molecule has 0 spiro atoms. The number of anilines is 3. The van der Waals surface area contributed by atoms with Crippen molar-refractivity contribution < 1.29 is 4.42 Å². The molecule has 0 saturated carbocycles. The Balaban J connectivity index is 1.04. The van der Waals surface area contributed by atoms with Crippen molar-refractivity contribution in [3.8, 4) is 45.0 Å². The second-order valence-electron chi connectivity index (χ2n) is 15.2. The summed E-state index contributed by atoms with van der Waals surface area (Å²) in [6.07, 6.45) is 0. The number of fused-ring (bicyclic) bond motifs is 7. The van der Waals surface area contributed by atoms with Crippen molar-refractivity contribution in [3.63, 3.8) is 0 Å². The van der Waals surface area contributed by atoms with E-state index in [1.54, 1.807) is 0 Å². The maximum atomic E-state index is 6.95. The average Bonchev–Trinajstić information content (AvgIpc) is 3.90. The van der Waals surface area contributed by atoms with Gasteiger partial charge >= 0.3 is 0 Å². The minimum atomic E-state index is 0.570. The fourth-order valence-corrected chi connectivity index (χ4v) is 9.76. The Labute approximate surface area is 355 Å². The third-order valence-electron chi connectivity index (χ3n) is 11.6. The SMILES string of the molecule is c1ccc(-c2nnc(-c3ccc(-c4ccc(N(c5ccccc5)c5ccc6sc7ccccc7c6c5)cc4)c4c3oc3cc5ccccc5cc34)c(-c3ccccc3)n2)cc1. The van der Waals surface area contributed by atoms with E-state index in [9.17, 15) is 0 Å². The maximum absolute atomic E-state index is 6.95. The van der Waals surface area contributed by atoms with Crippen molar-refractivity contribution in [2.45, 2.75) is 0 Å². The van der Waals surface area contributed by atoms with Crippen LogP contribution in [-0.2, 0) is 0 Å². The minimum Gasteiger partial charge on any atom is -0.455 e. The summed E-state index contributed by atoms with van der Waals surface area (Å²) < 4.78 is 9.53. The van der Waals surface area contributed by atoms with Gasteiger partial charge in [-0.1, -0.05) is 140 Å². The Kier molecular flexibility index (Phi) is 8.28. The van der Waals surface area contributed by atoms with Crippen LogP contribution in [0.4, 0.5) is 17.1 Å². The van der Waals surface area contributed by atoms with E-state index in [1.807, 2.05) is 59.9 Å². The average molecular weight is 799 g/mol. The Hall–Kier alpha value is -7.93. The Bertz CT molecular complexity index is 3580. The topological polar surface area (TPSA) is 55.1 Å². The second-order valence-corrected chi connectivity index (χ2v) is 16.3. The zero-order valence-corrected chi connectivity index (χ0v) is 33.6. The molecule has 12 aromatic rings. The summed E-state index contributed by atoms with van der Waals surface area (Å²) >= 11 is 1.84. The Morgan fingerprint density at radius 2 is 1.03 bits per heavy atom. The first-order valence-electron chi connectivity index (χ1n) is 20.3. The third kappa shape index (κ3) is 6.04. The molecule has 6 heteroatoms. The smallest absolute Gasteiger partial charge is 0.182 e. The van der Waals surface area contributed by atoms with Gasteiger partial charge in [0.2, 0.25) is 0 Å². The van der Waals surface area contributed by atoms with Gasteiger partial charge in [0.15, 0.2) is 5.82 Å². The summed E-state index contributed by atoms with van der Waals surface area (Å²) in [5.74, 6) is 0.570. The van der Waals surface area contributed by atoms with Crippen LogP contribution >= 0.6 is 11.3 Å². The molecule has 12 rings (SSSR count). The van der Waals surface area contributed by atoms with Crippen LogP contribution in [0.1, 0.15) is 0 Å². The van der Waals surface area contributed by atoms with Crippen LogP contribution in [0.3, 0.4) is 0 Å². The molecule has 61 heavy (non-hydrogen) atoms. The normalized spacial score (nSPS) is 11.6. The minimum absolute atomic E-state index is 0.570. The van der Waals surface area contributed by atoms with Gasteiger partial charge in [-0.2, -0.15) is 0 Å². The molecule has 0 aliphatic carbocycles. The van der Waals surface area contributed by atoms with Gasteiger partial charge in [0.05, 0.1) is 0 Å². The monoisotopic (exact) mass is 798 g/mol. The van der Waals surface area contributed by atoms with E-state index in [4.69, 9.17) is 19.6 Å². The highest BCUT2D eigenvalue weighted by Gasteiger charge is 2.23. The van der Waals surface area contributed by atoms with Gasteiger partial charge in [0.25, 0.3) is 0 Å². The van der Waals surface area contributed by atoms with E-state index in [0.29, 0.717) is 11.5 Å². The molecular formula is C55H34N4OS. The summed E-state index contributed by atoms with van der Waals surface area (Å²) in [6, 6.07) is 72.3. The lowest BCUT2D eigenvalue weighted by molar-refractivity contribution is 0.670. The van der Waals surface area contributed by atoms with Crippen LogP contribution in [0.15, 0.2) is 211 Å². The lowest BCUT2D eigenvalue weighted by Gasteiger charge is -2.26. The van der Waals surface area contributed by atoms with E-state index >= 15 is 0 Å². The van der Waals surface area contributed by atoms with Crippen LogP contribution in [0, 0.1) is 0 Å². The lowest BCUT2D eigenvalue weighted by atomic mass is 9.94. The van der Waals surface area contributed by atoms with Crippen LogP contribution in [0.25, 0.3) is 97.9 Å². The molecule has 286 valence electrons. The molecule has 5 nitrogen and oxygen atoms in total. The second kappa shape index (κ2) is 14.4. The molecule has 0 aliphatic heterocycles. The summed E-state index contributed by atoms with van der Waals surface area (Å²) in [5.41, 5.74) is 11.1. The van der Waals surface area contributed by atoms with Crippen molar-refractivity contribution in [2.24, 2.45) is 0 Å². The molecular weight excluding hydrogens is 765 g/mol. The summed E-state index contributed by atoms with van der Waals surface area (Å²) in [5, 5.41) is 16.5. The number of hydrogen-bond acceptors (Lipinski definition) is 6. The molecule has 3 aromatic heterocycles. The molecule has 0 amide bonds. The summed E-state index contributed by atoms with van der Waals surface area (Å²) in [7, 11) is 0. The largest absolute Gasteiger partial charge is 0.455 e. The molecule has 3 heterocycles. The zero-order valence-electron chi connectivity index (χ0n) is 32.7. The third-order valence-corrected chi connectivity index (χ3v) is 12.7. The van der Waals surface area contributed by atoms with Gasteiger partial charge in [0, 0.05) is 64.7 Å². The quantitative estimate of drug-likeness (QED) is 0.161. The number of benzene rings is 9. The van der Waals surface area contributed by atoms with Crippen LogP contribution in [0.5, 0.6) is 0 Å². The van der Waals surface area contributed by atoms with Gasteiger partial charge in [-0.25, -0.2) is 4.98 Å². The fourth-order valence-electron chi connectivity index (χ4n) is 8.67. The predicted octanol–water partition coefficient (Wildman–Crippen LogP) is 15.4. The molecule has 0 unspecified atom stereocenters. The molecule has 0 saturated heterocycles. The maximum Gasteiger partial charge on any atom is 0.182 e. The number of furan rings is 1. The van der Waals surface area contributed by atoms with E-state index in [0.717, 1.165) is 83.3 Å². The molecule has 0 bridgehead atoms. The highest BCUT2D eigenvalue weighted by atomic mass is 32.1. The highest BCUT2D eigenvalue weighted by Crippen LogP contribution is 2.46. The molecule has 0 fully saturated rings. The van der Waals surface area contributed by atoms with Crippen molar-refractivity contribution >= 4 is 81.3 Å². The number of rotatable bonds is 7. The standard InChI is InChI=1S/C55H34N4OS/c1-4-14-36(15-5-1)52-53(57-58-55(56-52)37-16-6-2-7-17-37)45-30-29-43(51-47-32-38-18-10-11-19-39(38)33-48(47)60-54(45)51)35-24-26-41(27-25-35)59(40-20-8-3-9-21-40)42-28-31-50-46(34-42)44-22-12-13-23-49(44)61-50/h1-34H. The van der Waals surface area contributed by atoms with Gasteiger partial charge in [0.1, 0.15) is 22.6 Å². The molecule has 9 aromatic carbocycles. The van der Waals surface area contributed by atoms with E-state index in [2.05, 4.69) is 163 Å². The van der Waals surface area contributed by atoms with E-state index < -0.39 is 0 Å². The van der Waals surface area contributed by atoms with E-state index in [1.165, 1.54) is 20.2 Å². The highest BCUT2D eigenvalue weighted by molar-refractivity contribution is 7.25. The summed E-state index contributed by atoms with van der Waals surface area (Å²) in [6.45, 7) is 0. The lowest BCUT2D eigenvalue weighted by Crippen LogP contribution is -2.09. The number of para-hydroxylation sites is 1. The van der Waals surface area contributed by atoms with Gasteiger partial charge < -0.3 is 9.32 Å². The fraction of sp³-hybridized carbons (Fsp3) is 0. The number of nitrogens with zero attached hydrogens (tertiary/aromatic N) is 4. The van der Waals surface area contributed by atoms with Gasteiger partial charge in [-0.05, 0) is 88.6 Å². The molecule has 0 N–H and O–H groups in total. The Morgan fingerprint density at radius 1 is 0.410 bits per heavy atom. The van der Waals surface area contributed by atoms with Crippen LogP contribution in [-0.4, -0.2) is 15.2 Å². The first-order valence-corrected chi connectivity index (χ1v) is 21.2. The van der Waals surface area contributed by atoms with Crippen molar-refractivity contribution in [1.82, 2.24) is 15.2 Å². The number of hydrogen-bond donors (Lipinski definition) is 0. The van der Waals surface area contributed by atoms with Crippen molar-refractivity contribution in [3.05, 3.63) is 206 Å². The summed E-state index contributed by atoms with van der Waals surface area (Å²) in [4.78, 5) is 7.50. The first-order chi connectivity index (χ1) is 30.2. The molecule has 0 aliphatic rings. The van der Waals surface area contributed by atoms with Crippen LogP contribution in [0.2, 0.25) is 0 Å². The molecule has 0 atom stereocenters. The van der Waals surface area contributed by atoms with E-state index in [-0.39, 0.29) is 0 Å². The first kappa shape index (κ1) is 35.1. The van der Waals surface area contributed by atoms with Gasteiger partial charge in [-0.3, -0.25) is 0 Å². The molecule has 0 radical (unpaired) electrons. The zero-order chi connectivity index (χ0) is 40.3. The van der Waals surface area contributed by atoms with Crippen molar-refractivity contribution in [1.29, 1.82) is 0 Å². The number of thiophene rings is 1. The van der Waals surface area contributed by atoms with Crippen LogP contribution < -0.4 is 4.90 Å². The van der Waals surface area contributed by atoms with Gasteiger partial charge in [-0.15, -0.1) is 21.5 Å². The number of aromatic nitrogens is 3. The predicted molar refractivity (Wildman–Crippen MR) is 254 cm³/mol. The van der Waals surface area contributed by atoms with Crippen molar-refractivity contribution in [2.75, 3.05) is 4.90 Å².